The minimum Gasteiger partial charge on any atom is -0.356 e. The fourth-order valence-electron chi connectivity index (χ4n) is 3.18. The summed E-state index contributed by atoms with van der Waals surface area (Å²) < 4.78 is 0. The monoisotopic (exact) mass is 316 g/mol. The number of hydrogen-bond acceptors (Lipinski definition) is 2. The zero-order valence-corrected chi connectivity index (χ0v) is 14.7. The molecule has 23 heavy (non-hydrogen) atoms. The van der Waals surface area contributed by atoms with E-state index in [1.54, 1.807) is 0 Å². The molecule has 0 aromatic heterocycles. The smallest absolute Gasteiger partial charge is 0.220 e. The van der Waals surface area contributed by atoms with E-state index in [2.05, 4.69) is 41.4 Å². The third-order valence-electron chi connectivity index (χ3n) is 4.74. The topological polar surface area (TPSA) is 32.3 Å². The van der Waals surface area contributed by atoms with Crippen molar-refractivity contribution in [2.24, 2.45) is 0 Å². The van der Waals surface area contributed by atoms with Gasteiger partial charge in [0.25, 0.3) is 0 Å². The summed E-state index contributed by atoms with van der Waals surface area (Å²) in [7, 11) is 0. The van der Waals surface area contributed by atoms with Gasteiger partial charge in [-0.15, -0.1) is 0 Å². The summed E-state index contributed by atoms with van der Waals surface area (Å²) in [5, 5.41) is 3.07. The predicted molar refractivity (Wildman–Crippen MR) is 96.7 cm³/mol. The lowest BCUT2D eigenvalue weighted by Crippen LogP contribution is -2.30. The molecule has 128 valence electrons. The minimum absolute atomic E-state index is 0.181. The molecule has 1 aliphatic rings. The lowest BCUT2D eigenvalue weighted by Gasteiger charge is -2.19. The van der Waals surface area contributed by atoms with Crippen LogP contribution in [0.25, 0.3) is 0 Å². The molecule has 0 aliphatic carbocycles. The van der Waals surface area contributed by atoms with Gasteiger partial charge in [-0.3, -0.25) is 4.79 Å². The van der Waals surface area contributed by atoms with Crippen LogP contribution in [0.3, 0.4) is 0 Å². The maximum atomic E-state index is 11.9. The number of rotatable bonds is 8. The van der Waals surface area contributed by atoms with Crippen molar-refractivity contribution in [2.75, 3.05) is 26.2 Å². The van der Waals surface area contributed by atoms with Gasteiger partial charge in [-0.25, -0.2) is 0 Å². The normalized spacial score (nSPS) is 16.0. The Morgan fingerprint density at radius 2 is 1.70 bits per heavy atom. The maximum Gasteiger partial charge on any atom is 0.220 e. The number of likely N-dealkylation sites (tertiary alicyclic amines) is 1. The molecule has 0 saturated carbocycles. The van der Waals surface area contributed by atoms with Crippen molar-refractivity contribution in [3.8, 4) is 0 Å². The van der Waals surface area contributed by atoms with Crippen molar-refractivity contribution >= 4 is 5.91 Å². The van der Waals surface area contributed by atoms with Gasteiger partial charge in [0.15, 0.2) is 0 Å². The van der Waals surface area contributed by atoms with Crippen LogP contribution in [0.2, 0.25) is 0 Å². The number of nitrogens with one attached hydrogen (secondary N) is 1. The number of aryl methyl sites for hydroxylation is 2. The molecule has 1 N–H and O–H groups in total. The van der Waals surface area contributed by atoms with Crippen molar-refractivity contribution < 1.29 is 4.79 Å². The van der Waals surface area contributed by atoms with E-state index in [0.717, 1.165) is 32.4 Å². The first-order chi connectivity index (χ1) is 11.3. The number of hydrogen-bond donors (Lipinski definition) is 1. The Balaban J connectivity index is 1.55. The van der Waals surface area contributed by atoms with Crippen molar-refractivity contribution in [1.82, 2.24) is 10.2 Å². The van der Waals surface area contributed by atoms with Crippen LogP contribution in [-0.2, 0) is 17.6 Å². The van der Waals surface area contributed by atoms with Crippen molar-refractivity contribution in [3.63, 3.8) is 0 Å². The van der Waals surface area contributed by atoms with Gasteiger partial charge in [0, 0.05) is 13.0 Å². The van der Waals surface area contributed by atoms with E-state index < -0.39 is 0 Å². The fraction of sp³-hybridized carbons (Fsp3) is 0.650. The second kappa shape index (κ2) is 10.4. The van der Waals surface area contributed by atoms with Crippen LogP contribution in [0.15, 0.2) is 24.3 Å². The summed E-state index contributed by atoms with van der Waals surface area (Å²) in [6.45, 7) is 6.57. The summed E-state index contributed by atoms with van der Waals surface area (Å²) in [5.74, 6) is 0.181. The largest absolute Gasteiger partial charge is 0.356 e. The van der Waals surface area contributed by atoms with Crippen LogP contribution in [0, 0.1) is 0 Å². The first-order valence-corrected chi connectivity index (χ1v) is 9.35. The van der Waals surface area contributed by atoms with Gasteiger partial charge in [0.1, 0.15) is 0 Å². The highest BCUT2D eigenvalue weighted by Gasteiger charge is 2.08. The van der Waals surface area contributed by atoms with Gasteiger partial charge in [-0.2, -0.15) is 0 Å². The molecular formula is C20H32N2O. The van der Waals surface area contributed by atoms with Crippen LogP contribution in [0.1, 0.15) is 56.6 Å². The highest BCUT2D eigenvalue weighted by atomic mass is 16.1. The number of nitrogens with zero attached hydrogens (tertiary/aromatic N) is 1. The molecule has 1 heterocycles. The summed E-state index contributed by atoms with van der Waals surface area (Å²) in [6.07, 6.45) is 9.00. The van der Waals surface area contributed by atoms with Crippen LogP contribution in [0.5, 0.6) is 0 Å². The fourth-order valence-corrected chi connectivity index (χ4v) is 3.18. The van der Waals surface area contributed by atoms with Crippen LogP contribution in [-0.4, -0.2) is 37.0 Å². The SMILES string of the molecule is CCc1ccc(CCC(=O)NCCCN2CCCCCC2)cc1. The number of benzene rings is 1. The first-order valence-electron chi connectivity index (χ1n) is 9.35. The summed E-state index contributed by atoms with van der Waals surface area (Å²) in [6, 6.07) is 8.61. The molecule has 2 rings (SSSR count). The highest BCUT2D eigenvalue weighted by Crippen LogP contribution is 2.10. The number of carbonyl (C=O) groups is 1. The standard InChI is InChI=1S/C20H32N2O/c1-2-18-8-10-19(11-9-18)12-13-20(23)21-14-7-17-22-15-5-3-4-6-16-22/h8-11H,2-7,12-17H2,1H3,(H,21,23). The molecule has 0 spiro atoms. The van der Waals surface area contributed by atoms with Crippen molar-refractivity contribution in [2.45, 2.75) is 58.3 Å². The third kappa shape index (κ3) is 7.17. The Morgan fingerprint density at radius 3 is 2.35 bits per heavy atom. The van der Waals surface area contributed by atoms with Crippen LogP contribution >= 0.6 is 0 Å². The second-order valence-corrected chi connectivity index (χ2v) is 6.63. The lowest BCUT2D eigenvalue weighted by atomic mass is 10.1. The molecule has 1 amide bonds. The van der Waals surface area contributed by atoms with E-state index in [4.69, 9.17) is 0 Å². The average molecular weight is 316 g/mol. The summed E-state index contributed by atoms with van der Waals surface area (Å²) in [5.41, 5.74) is 2.61. The molecule has 0 atom stereocenters. The molecule has 0 bridgehead atoms. The Bertz CT molecular complexity index is 447. The van der Waals surface area contributed by atoms with Crippen LogP contribution in [0.4, 0.5) is 0 Å². The maximum absolute atomic E-state index is 11.9. The molecule has 3 nitrogen and oxygen atoms in total. The predicted octanol–water partition coefficient (Wildman–Crippen LogP) is 3.56. The van der Waals surface area contributed by atoms with Crippen molar-refractivity contribution in [1.29, 1.82) is 0 Å². The van der Waals surface area contributed by atoms with Gasteiger partial charge in [0.2, 0.25) is 5.91 Å². The van der Waals surface area contributed by atoms with E-state index >= 15 is 0 Å². The molecule has 1 aromatic rings. The molecule has 1 saturated heterocycles. The number of carbonyl (C=O) groups excluding carboxylic acids is 1. The third-order valence-corrected chi connectivity index (χ3v) is 4.74. The minimum atomic E-state index is 0.181. The summed E-state index contributed by atoms with van der Waals surface area (Å²) >= 11 is 0. The highest BCUT2D eigenvalue weighted by molar-refractivity contribution is 5.76. The molecule has 1 fully saturated rings. The first kappa shape index (κ1) is 18.0. The van der Waals surface area contributed by atoms with E-state index in [1.807, 2.05) is 0 Å². The van der Waals surface area contributed by atoms with Gasteiger partial charge in [0.05, 0.1) is 0 Å². The van der Waals surface area contributed by atoms with E-state index in [-0.39, 0.29) is 5.91 Å². The zero-order valence-electron chi connectivity index (χ0n) is 14.7. The van der Waals surface area contributed by atoms with Gasteiger partial charge in [-0.05, 0) is 62.9 Å². The number of amides is 1. The lowest BCUT2D eigenvalue weighted by molar-refractivity contribution is -0.121. The summed E-state index contributed by atoms with van der Waals surface area (Å²) in [4.78, 5) is 14.5. The molecule has 1 aromatic carbocycles. The Kier molecular flexibility index (Phi) is 8.16. The Morgan fingerprint density at radius 1 is 1.04 bits per heavy atom. The second-order valence-electron chi connectivity index (χ2n) is 6.63. The van der Waals surface area contributed by atoms with E-state index in [1.165, 1.54) is 49.9 Å². The van der Waals surface area contributed by atoms with Gasteiger partial charge >= 0.3 is 0 Å². The molecule has 3 heteroatoms. The molecule has 1 aliphatic heterocycles. The Hall–Kier alpha value is -1.35. The van der Waals surface area contributed by atoms with Gasteiger partial charge in [-0.1, -0.05) is 44.0 Å². The quantitative estimate of drug-likeness (QED) is 0.744. The molecule has 0 unspecified atom stereocenters. The zero-order chi connectivity index (χ0) is 16.3. The van der Waals surface area contributed by atoms with Crippen molar-refractivity contribution in [3.05, 3.63) is 35.4 Å². The van der Waals surface area contributed by atoms with E-state index in [0.29, 0.717) is 6.42 Å². The molecular weight excluding hydrogens is 284 g/mol. The Labute approximate surface area is 141 Å². The molecule has 0 radical (unpaired) electrons. The van der Waals surface area contributed by atoms with Crippen LogP contribution < -0.4 is 5.32 Å². The van der Waals surface area contributed by atoms with E-state index in [9.17, 15) is 4.79 Å². The average Bonchev–Trinajstić information content (AvgIpc) is 2.86. The van der Waals surface area contributed by atoms with Gasteiger partial charge < -0.3 is 10.2 Å².